The Morgan fingerprint density at radius 1 is 1.29 bits per heavy atom. The van der Waals surface area contributed by atoms with Crippen molar-refractivity contribution >= 4 is 10.5 Å². The van der Waals surface area contributed by atoms with Crippen LogP contribution in [0.4, 0.5) is 0 Å². The fraction of sp³-hybridized carbons (Fsp3) is 1.00. The van der Waals surface area contributed by atoms with E-state index in [0.717, 1.165) is 10.5 Å². The summed E-state index contributed by atoms with van der Waals surface area (Å²) in [6.07, 6.45) is 2.64. The second-order valence-corrected chi connectivity index (χ2v) is 2.22. The van der Waals surface area contributed by atoms with Crippen LogP contribution in [0.25, 0.3) is 0 Å². The van der Waals surface area contributed by atoms with Crippen LogP contribution >= 0.6 is 0 Å². The Morgan fingerprint density at radius 2 is 1.43 bits per heavy atom. The Bertz CT molecular complexity index is 15.6. The highest BCUT2D eigenvalue weighted by molar-refractivity contribution is 5.97. The van der Waals surface area contributed by atoms with Crippen molar-refractivity contribution in [2.75, 3.05) is 7.11 Å². The van der Waals surface area contributed by atoms with E-state index in [1.54, 1.807) is 7.11 Å². The lowest BCUT2D eigenvalue weighted by Gasteiger charge is -1.68. The molecule has 0 aromatic heterocycles. The van der Waals surface area contributed by atoms with Crippen LogP contribution in [0.3, 0.4) is 0 Å². The Morgan fingerprint density at radius 3 is 1.43 bits per heavy atom. The number of rotatable bonds is 1. The molecule has 0 radical (unpaired) electrons. The lowest BCUT2D eigenvalue weighted by atomic mass is 10.4. The molecule has 7 heavy (non-hydrogen) atoms. The van der Waals surface area contributed by atoms with Gasteiger partial charge in [-0.3, -0.25) is 0 Å². The highest BCUT2D eigenvalue weighted by Crippen LogP contribution is 1.76. The van der Waals surface area contributed by atoms with Crippen LogP contribution in [0.2, 0.25) is 0 Å². The number of hydrogen-bond donors (Lipinski definition) is 0. The third kappa shape index (κ3) is 77.8. The lowest BCUT2D eigenvalue weighted by molar-refractivity contribution is 0.460. The van der Waals surface area contributed by atoms with E-state index in [1.807, 2.05) is 0 Å². The number of unbranched alkanes of at least 4 members (excludes halogenated alkanes) is 1. The summed E-state index contributed by atoms with van der Waals surface area (Å²) in [6.45, 7) is 4.36. The smallest absolute Gasteiger partial charge is 0.145 e. The minimum atomic E-state index is 0.869. The molecule has 0 aliphatic carbocycles. The maximum absolute atomic E-state index is 4.39. The normalized spacial score (nSPS) is 7.29. The van der Waals surface area contributed by atoms with Gasteiger partial charge in [0.2, 0.25) is 0 Å². The van der Waals surface area contributed by atoms with Gasteiger partial charge in [0.25, 0.3) is 0 Å². The predicted octanol–water partition coefficient (Wildman–Crippen LogP) is 0.720. The average molecular weight is 120 g/mol. The van der Waals surface area contributed by atoms with Crippen molar-refractivity contribution < 1.29 is 4.43 Å². The summed E-state index contributed by atoms with van der Waals surface area (Å²) in [7, 11) is 2.56. The zero-order valence-electron chi connectivity index (χ0n) is 5.82. The standard InChI is InChI=1S/C4H10.CH6OSi/c1-3-4-2;1-2-3/h3-4H2,1-2H3;1,3H3. The molecule has 0 amide bonds. The average Bonchev–Trinajstić information content (AvgIpc) is 1.69. The third-order valence-corrected chi connectivity index (χ3v) is 0.500. The van der Waals surface area contributed by atoms with Crippen molar-refractivity contribution in [2.24, 2.45) is 0 Å². The van der Waals surface area contributed by atoms with Gasteiger partial charge in [-0.05, 0) is 0 Å². The molecule has 1 nitrogen and oxygen atoms in total. The first-order valence-corrected chi connectivity index (χ1v) is 3.55. The summed E-state index contributed by atoms with van der Waals surface area (Å²) >= 11 is 0. The van der Waals surface area contributed by atoms with Gasteiger partial charge in [0.1, 0.15) is 10.5 Å². The van der Waals surface area contributed by atoms with Crippen LogP contribution in [-0.4, -0.2) is 17.6 Å². The van der Waals surface area contributed by atoms with Crippen LogP contribution in [0.5, 0.6) is 0 Å². The molecule has 0 atom stereocenters. The van der Waals surface area contributed by atoms with E-state index in [-0.39, 0.29) is 0 Å². The van der Waals surface area contributed by atoms with Gasteiger partial charge in [0, 0.05) is 7.11 Å². The quantitative estimate of drug-likeness (QED) is 0.463. The largest absolute Gasteiger partial charge is 0.431 e. The first-order chi connectivity index (χ1) is 3.33. The number of hydrogen-bond acceptors (Lipinski definition) is 1. The summed E-state index contributed by atoms with van der Waals surface area (Å²) in [5, 5.41) is 0. The summed E-state index contributed by atoms with van der Waals surface area (Å²) in [6, 6.07) is 0. The molecular formula is C5H16OSi. The topological polar surface area (TPSA) is 9.23 Å². The minimum absolute atomic E-state index is 0.869. The van der Waals surface area contributed by atoms with E-state index in [4.69, 9.17) is 0 Å². The molecule has 0 aliphatic rings. The van der Waals surface area contributed by atoms with Crippen LogP contribution < -0.4 is 0 Å². The van der Waals surface area contributed by atoms with E-state index >= 15 is 0 Å². The maximum atomic E-state index is 4.39. The van der Waals surface area contributed by atoms with E-state index in [2.05, 4.69) is 18.3 Å². The zero-order chi connectivity index (χ0) is 6.12. The molecule has 2 heteroatoms. The molecule has 0 fully saturated rings. The fourth-order valence-corrected chi connectivity index (χ4v) is 0. The predicted molar refractivity (Wildman–Crippen MR) is 37.5 cm³/mol. The monoisotopic (exact) mass is 120 g/mol. The first-order valence-electron chi connectivity index (χ1n) is 2.73. The van der Waals surface area contributed by atoms with E-state index in [0.29, 0.717) is 0 Å². The zero-order valence-corrected chi connectivity index (χ0v) is 7.82. The summed E-state index contributed by atoms with van der Waals surface area (Å²) in [4.78, 5) is 0. The second kappa shape index (κ2) is 16.4. The highest BCUT2D eigenvalue weighted by atomic mass is 28.2. The minimum Gasteiger partial charge on any atom is -0.431 e. The van der Waals surface area contributed by atoms with Crippen LogP contribution in [0.1, 0.15) is 26.7 Å². The van der Waals surface area contributed by atoms with Crippen molar-refractivity contribution in [3.63, 3.8) is 0 Å². The van der Waals surface area contributed by atoms with Crippen LogP contribution in [-0.2, 0) is 4.43 Å². The Kier molecular flexibility index (Phi) is 23.9. The Hall–Kier alpha value is 0.177. The second-order valence-electron chi connectivity index (χ2n) is 1.41. The Labute approximate surface area is 49.6 Å². The molecular weight excluding hydrogens is 104 g/mol. The first kappa shape index (κ1) is 10.2. The van der Waals surface area contributed by atoms with Gasteiger partial charge >= 0.3 is 0 Å². The van der Waals surface area contributed by atoms with Crippen LogP contribution in [0.15, 0.2) is 0 Å². The van der Waals surface area contributed by atoms with E-state index < -0.39 is 0 Å². The van der Waals surface area contributed by atoms with Gasteiger partial charge < -0.3 is 4.43 Å². The van der Waals surface area contributed by atoms with Gasteiger partial charge in [-0.15, -0.1) is 0 Å². The van der Waals surface area contributed by atoms with Gasteiger partial charge in [0.15, 0.2) is 0 Å². The molecule has 0 aromatic carbocycles. The van der Waals surface area contributed by atoms with Gasteiger partial charge in [-0.25, -0.2) is 0 Å². The van der Waals surface area contributed by atoms with Crippen molar-refractivity contribution in [3.05, 3.63) is 0 Å². The van der Waals surface area contributed by atoms with Gasteiger partial charge in [0.05, 0.1) is 0 Å². The molecule has 46 valence electrons. The van der Waals surface area contributed by atoms with Crippen molar-refractivity contribution in [1.82, 2.24) is 0 Å². The SMILES string of the molecule is CCCC.CO[SiH3]. The van der Waals surface area contributed by atoms with Crippen molar-refractivity contribution in [2.45, 2.75) is 26.7 Å². The molecule has 0 rings (SSSR count). The summed E-state index contributed by atoms with van der Waals surface area (Å²) < 4.78 is 4.39. The molecule has 0 unspecified atom stereocenters. The summed E-state index contributed by atoms with van der Waals surface area (Å²) in [5.41, 5.74) is 0. The van der Waals surface area contributed by atoms with Crippen LogP contribution in [0, 0.1) is 0 Å². The van der Waals surface area contributed by atoms with E-state index in [9.17, 15) is 0 Å². The summed E-state index contributed by atoms with van der Waals surface area (Å²) in [5.74, 6) is 0. The molecule has 0 aliphatic heterocycles. The van der Waals surface area contributed by atoms with Gasteiger partial charge in [-0.1, -0.05) is 26.7 Å². The Balaban J connectivity index is 0. The lowest BCUT2D eigenvalue weighted by Crippen LogP contribution is -1.60. The molecule has 0 spiro atoms. The molecule has 0 bridgehead atoms. The van der Waals surface area contributed by atoms with Gasteiger partial charge in [-0.2, -0.15) is 0 Å². The molecule has 0 saturated heterocycles. The highest BCUT2D eigenvalue weighted by Gasteiger charge is 1.56. The molecule has 0 heterocycles. The fourth-order valence-electron chi connectivity index (χ4n) is 0. The molecule has 0 aromatic rings. The molecule has 0 N–H and O–H groups in total. The van der Waals surface area contributed by atoms with Crippen molar-refractivity contribution in [1.29, 1.82) is 0 Å². The third-order valence-electron chi connectivity index (χ3n) is 0.500. The maximum Gasteiger partial charge on any atom is 0.145 e. The van der Waals surface area contributed by atoms with E-state index in [1.165, 1.54) is 12.8 Å². The molecule has 0 saturated carbocycles. The van der Waals surface area contributed by atoms with Crippen molar-refractivity contribution in [3.8, 4) is 0 Å².